The van der Waals surface area contributed by atoms with E-state index in [1.807, 2.05) is 28.7 Å². The third kappa shape index (κ3) is 3.22. The van der Waals surface area contributed by atoms with Gasteiger partial charge in [0.1, 0.15) is 10.7 Å². The minimum absolute atomic E-state index is 0.0294. The lowest BCUT2D eigenvalue weighted by atomic mass is 10.0. The topological polar surface area (TPSA) is 79.0 Å². The predicted molar refractivity (Wildman–Crippen MR) is 103 cm³/mol. The average molecular weight is 387 g/mol. The van der Waals surface area contributed by atoms with Gasteiger partial charge in [-0.1, -0.05) is 0 Å². The van der Waals surface area contributed by atoms with Crippen molar-refractivity contribution in [1.29, 1.82) is 0 Å². The first kappa shape index (κ1) is 17.1. The second kappa shape index (κ2) is 7.13. The molecular weight excluding hydrogens is 368 g/mol. The van der Waals surface area contributed by atoms with Crippen molar-refractivity contribution in [2.45, 2.75) is 32.2 Å². The van der Waals surface area contributed by atoms with E-state index in [4.69, 9.17) is 0 Å². The van der Waals surface area contributed by atoms with Crippen molar-refractivity contribution in [3.05, 3.63) is 55.2 Å². The predicted octanol–water partition coefficient (Wildman–Crippen LogP) is 3.63. The van der Waals surface area contributed by atoms with Crippen LogP contribution in [0, 0.1) is 6.92 Å². The average Bonchev–Trinajstić information content (AvgIpc) is 3.32. The van der Waals surface area contributed by atoms with Crippen molar-refractivity contribution in [2.24, 2.45) is 0 Å². The summed E-state index contributed by atoms with van der Waals surface area (Å²) >= 11 is 2.92. The molecule has 26 heavy (non-hydrogen) atoms. The molecule has 0 radical (unpaired) electrons. The zero-order valence-corrected chi connectivity index (χ0v) is 15.9. The zero-order chi connectivity index (χ0) is 18.1. The van der Waals surface area contributed by atoms with E-state index in [1.165, 1.54) is 17.4 Å². The first-order valence-electron chi connectivity index (χ1n) is 8.48. The van der Waals surface area contributed by atoms with E-state index >= 15 is 0 Å². The fraction of sp³-hybridized carbons (Fsp3) is 0.333. The van der Waals surface area contributed by atoms with E-state index in [2.05, 4.69) is 15.0 Å². The number of carbonyl (C=O) groups excluding carboxylic acids is 1. The Kier molecular flexibility index (Phi) is 4.69. The molecule has 0 aromatic carbocycles. The number of H-pyrrole nitrogens is 1. The van der Waals surface area contributed by atoms with Crippen LogP contribution in [0.5, 0.6) is 0 Å². The van der Waals surface area contributed by atoms with Gasteiger partial charge in [0.2, 0.25) is 0 Å². The number of likely N-dealkylation sites (tertiary alicyclic amines) is 1. The summed E-state index contributed by atoms with van der Waals surface area (Å²) in [5.74, 6) is 0.534. The van der Waals surface area contributed by atoms with Crippen LogP contribution in [0.4, 0.5) is 0 Å². The highest BCUT2D eigenvalue weighted by molar-refractivity contribution is 7.11. The number of nitrogens with zero attached hydrogens (tertiary/aromatic N) is 3. The van der Waals surface area contributed by atoms with Crippen LogP contribution in [-0.4, -0.2) is 32.3 Å². The molecule has 1 saturated heterocycles. The summed E-state index contributed by atoms with van der Waals surface area (Å²) in [6.45, 7) is 2.51. The van der Waals surface area contributed by atoms with Crippen LogP contribution in [0.1, 0.15) is 46.5 Å². The number of thiophene rings is 1. The molecule has 4 heterocycles. The van der Waals surface area contributed by atoms with Crippen molar-refractivity contribution in [3.8, 4) is 11.3 Å². The Labute approximate surface area is 158 Å². The molecule has 134 valence electrons. The minimum Gasteiger partial charge on any atom is -0.328 e. The van der Waals surface area contributed by atoms with Crippen LogP contribution < -0.4 is 5.56 Å². The normalized spacial score (nSPS) is 17.4. The molecule has 1 atom stereocenters. The third-order valence-electron chi connectivity index (χ3n) is 4.60. The number of amides is 1. The summed E-state index contributed by atoms with van der Waals surface area (Å²) < 4.78 is 0. The van der Waals surface area contributed by atoms with Gasteiger partial charge in [-0.15, -0.1) is 11.3 Å². The maximum atomic E-state index is 13.0. The smallest absolute Gasteiger partial charge is 0.266 e. The summed E-state index contributed by atoms with van der Waals surface area (Å²) in [7, 11) is 0. The van der Waals surface area contributed by atoms with E-state index in [1.54, 1.807) is 16.8 Å². The lowest BCUT2D eigenvalue weighted by molar-refractivity contribution is 0.0603. The summed E-state index contributed by atoms with van der Waals surface area (Å²) in [5.41, 5.74) is 3.82. The lowest BCUT2D eigenvalue weighted by Gasteiger charge is -2.34. The Morgan fingerprint density at radius 3 is 3.00 bits per heavy atom. The fourth-order valence-electron chi connectivity index (χ4n) is 3.29. The van der Waals surface area contributed by atoms with Gasteiger partial charge >= 0.3 is 0 Å². The number of carbonyl (C=O) groups is 1. The van der Waals surface area contributed by atoms with E-state index in [0.29, 0.717) is 22.9 Å². The number of hydrogen-bond donors (Lipinski definition) is 1. The number of piperidine rings is 1. The molecule has 1 amide bonds. The minimum atomic E-state index is -0.218. The van der Waals surface area contributed by atoms with Crippen LogP contribution >= 0.6 is 22.7 Å². The number of nitrogens with one attached hydrogen (secondary N) is 1. The highest BCUT2D eigenvalue weighted by atomic mass is 32.1. The van der Waals surface area contributed by atoms with Gasteiger partial charge in [-0.3, -0.25) is 9.59 Å². The van der Waals surface area contributed by atoms with E-state index in [-0.39, 0.29) is 17.5 Å². The molecule has 1 aliphatic heterocycles. The molecule has 0 saturated carbocycles. The Morgan fingerprint density at radius 2 is 2.27 bits per heavy atom. The van der Waals surface area contributed by atoms with Gasteiger partial charge in [0, 0.05) is 23.6 Å². The van der Waals surface area contributed by atoms with Gasteiger partial charge in [-0.25, -0.2) is 9.97 Å². The van der Waals surface area contributed by atoms with Crippen LogP contribution in [0.3, 0.4) is 0 Å². The first-order valence-corrected chi connectivity index (χ1v) is 10.3. The highest BCUT2D eigenvalue weighted by Crippen LogP contribution is 2.32. The number of hydrogen-bond acceptors (Lipinski definition) is 6. The number of rotatable bonds is 3. The first-order chi connectivity index (χ1) is 12.6. The summed E-state index contributed by atoms with van der Waals surface area (Å²) in [5, 5.41) is 3.93. The maximum absolute atomic E-state index is 13.0. The molecule has 3 aromatic heterocycles. The molecule has 1 aliphatic rings. The maximum Gasteiger partial charge on any atom is 0.266 e. The Morgan fingerprint density at radius 1 is 1.38 bits per heavy atom. The number of aromatic amines is 1. The number of aromatic nitrogens is 3. The molecule has 4 rings (SSSR count). The van der Waals surface area contributed by atoms with Gasteiger partial charge in [-0.2, -0.15) is 11.3 Å². The molecule has 0 unspecified atom stereocenters. The molecule has 8 heteroatoms. The molecule has 0 aliphatic carbocycles. The number of aryl methyl sites for hydroxylation is 1. The lowest BCUT2D eigenvalue weighted by Crippen LogP contribution is -2.39. The van der Waals surface area contributed by atoms with E-state index < -0.39 is 0 Å². The van der Waals surface area contributed by atoms with Gasteiger partial charge in [0.25, 0.3) is 11.5 Å². The van der Waals surface area contributed by atoms with Crippen molar-refractivity contribution in [2.75, 3.05) is 6.54 Å². The van der Waals surface area contributed by atoms with E-state index in [0.717, 1.165) is 30.5 Å². The Hall–Kier alpha value is -2.32. The van der Waals surface area contributed by atoms with Crippen LogP contribution in [0.2, 0.25) is 0 Å². The standard InChI is InChI=1S/C18H18N4O2S2/c1-11-16(26-10-19-11)18(24)22-6-3-2-4-14(22)17-20-13(8-15(23)21-17)12-5-7-25-9-12/h5,7-10,14H,2-4,6H2,1H3,(H,20,21,23)/t14-/m0/s1. The second-order valence-corrected chi connectivity index (χ2v) is 7.94. The third-order valence-corrected chi connectivity index (χ3v) is 6.20. The van der Waals surface area contributed by atoms with Crippen LogP contribution in [0.25, 0.3) is 11.3 Å². The molecule has 1 N–H and O–H groups in total. The van der Waals surface area contributed by atoms with Crippen LogP contribution in [-0.2, 0) is 0 Å². The van der Waals surface area contributed by atoms with Crippen molar-refractivity contribution in [3.63, 3.8) is 0 Å². The summed E-state index contributed by atoms with van der Waals surface area (Å²) in [6.07, 6.45) is 2.75. The van der Waals surface area contributed by atoms with Crippen molar-refractivity contribution < 1.29 is 4.79 Å². The highest BCUT2D eigenvalue weighted by Gasteiger charge is 2.32. The van der Waals surface area contributed by atoms with Crippen molar-refractivity contribution >= 4 is 28.6 Å². The fourth-order valence-corrected chi connectivity index (χ4v) is 4.70. The summed E-state index contributed by atoms with van der Waals surface area (Å²) in [6, 6.07) is 3.23. The largest absolute Gasteiger partial charge is 0.328 e. The van der Waals surface area contributed by atoms with Gasteiger partial charge in [-0.05, 0) is 37.6 Å². The van der Waals surface area contributed by atoms with Gasteiger partial charge < -0.3 is 9.88 Å². The Balaban J connectivity index is 1.72. The Bertz CT molecular complexity index is 977. The quantitative estimate of drug-likeness (QED) is 0.745. The van der Waals surface area contributed by atoms with Crippen molar-refractivity contribution in [1.82, 2.24) is 19.9 Å². The number of thiazole rings is 1. The summed E-state index contributed by atoms with van der Waals surface area (Å²) in [4.78, 5) is 39.5. The zero-order valence-electron chi connectivity index (χ0n) is 14.3. The molecule has 0 spiro atoms. The van der Waals surface area contributed by atoms with Gasteiger partial charge in [0.05, 0.1) is 22.9 Å². The van der Waals surface area contributed by atoms with Gasteiger partial charge in [0.15, 0.2) is 0 Å². The second-order valence-electron chi connectivity index (χ2n) is 6.30. The molecule has 6 nitrogen and oxygen atoms in total. The molecular formula is C18H18N4O2S2. The SMILES string of the molecule is Cc1ncsc1C(=O)N1CCCC[C@H]1c1nc(-c2ccsc2)cc(=O)[nH]1. The van der Waals surface area contributed by atoms with E-state index in [9.17, 15) is 9.59 Å². The van der Waals surface area contributed by atoms with Crippen LogP contribution in [0.15, 0.2) is 33.2 Å². The molecule has 1 fully saturated rings. The molecule has 0 bridgehead atoms. The monoisotopic (exact) mass is 386 g/mol. The molecule has 3 aromatic rings.